The van der Waals surface area contributed by atoms with Crippen LogP contribution in [-0.2, 0) is 9.53 Å². The maximum atomic E-state index is 13.6. The standard InChI is InChI=1S/C32H27F2NO4/c1-39-32(38)24-8-4-21(5-9-24)20-2-6-23(7-3-20)30-28(18-19-29(36)22-10-12-25(33)13-11-22)31(37)35(30)27-16-14-26(34)15-17-27/h2-17,28-30,36H,18-19H2,1H3/t28-,29+,30-/m1/s1. The van der Waals surface area contributed by atoms with Crippen molar-refractivity contribution in [2.24, 2.45) is 5.92 Å². The molecular formula is C32H27F2NO4. The minimum atomic E-state index is -0.825. The Morgan fingerprint density at radius 2 is 1.38 bits per heavy atom. The Kier molecular flexibility index (Phi) is 7.52. The van der Waals surface area contributed by atoms with Gasteiger partial charge >= 0.3 is 5.97 Å². The highest BCUT2D eigenvalue weighted by Gasteiger charge is 2.48. The second-order valence-electron chi connectivity index (χ2n) is 9.57. The maximum absolute atomic E-state index is 13.6. The molecule has 1 aliphatic rings. The summed E-state index contributed by atoms with van der Waals surface area (Å²) >= 11 is 0. The van der Waals surface area contributed by atoms with Gasteiger partial charge in [0.15, 0.2) is 0 Å². The third kappa shape index (κ3) is 5.45. The molecule has 4 aromatic rings. The number of hydrogen-bond donors (Lipinski definition) is 1. The van der Waals surface area contributed by atoms with Crippen molar-refractivity contribution in [3.8, 4) is 11.1 Å². The SMILES string of the molecule is COC(=O)c1ccc(-c2ccc([C@@H]3[C@@H](CC[C@H](O)c4ccc(F)cc4)C(=O)N3c3ccc(F)cc3)cc2)cc1. The fraction of sp³-hybridized carbons (Fsp3) is 0.188. The fourth-order valence-corrected chi connectivity index (χ4v) is 5.08. The predicted octanol–water partition coefficient (Wildman–Crippen LogP) is 6.64. The minimum Gasteiger partial charge on any atom is -0.465 e. The van der Waals surface area contributed by atoms with Crippen LogP contribution >= 0.6 is 0 Å². The first-order valence-electron chi connectivity index (χ1n) is 12.7. The van der Waals surface area contributed by atoms with E-state index in [4.69, 9.17) is 4.74 Å². The summed E-state index contributed by atoms with van der Waals surface area (Å²) in [4.78, 5) is 26.7. The molecule has 1 amide bonds. The Morgan fingerprint density at radius 3 is 1.95 bits per heavy atom. The van der Waals surface area contributed by atoms with E-state index in [9.17, 15) is 23.5 Å². The molecule has 39 heavy (non-hydrogen) atoms. The second kappa shape index (κ2) is 11.2. The van der Waals surface area contributed by atoms with E-state index in [-0.39, 0.29) is 29.5 Å². The zero-order chi connectivity index (χ0) is 27.5. The molecule has 1 saturated heterocycles. The lowest BCUT2D eigenvalue weighted by molar-refractivity contribution is -0.131. The Labute approximate surface area is 225 Å². The lowest BCUT2D eigenvalue weighted by Gasteiger charge is -2.48. The number of hydrogen-bond acceptors (Lipinski definition) is 4. The summed E-state index contributed by atoms with van der Waals surface area (Å²) in [6.07, 6.45) is -0.0639. The van der Waals surface area contributed by atoms with Gasteiger partial charge in [-0.05, 0) is 83.6 Å². The lowest BCUT2D eigenvalue weighted by Crippen LogP contribution is -2.55. The zero-order valence-corrected chi connectivity index (χ0v) is 21.3. The van der Waals surface area contributed by atoms with Crippen LogP contribution in [0.5, 0.6) is 0 Å². The number of anilines is 1. The predicted molar refractivity (Wildman–Crippen MR) is 144 cm³/mol. The van der Waals surface area contributed by atoms with Crippen LogP contribution in [-0.4, -0.2) is 24.1 Å². The van der Waals surface area contributed by atoms with Crippen molar-refractivity contribution < 1.29 is 28.2 Å². The number of nitrogens with zero attached hydrogens (tertiary/aromatic N) is 1. The third-order valence-corrected chi connectivity index (χ3v) is 7.22. The van der Waals surface area contributed by atoms with Crippen LogP contribution < -0.4 is 4.90 Å². The fourth-order valence-electron chi connectivity index (χ4n) is 5.08. The molecule has 0 radical (unpaired) electrons. The molecule has 0 aromatic heterocycles. The summed E-state index contributed by atoms with van der Waals surface area (Å²) < 4.78 is 31.6. The largest absolute Gasteiger partial charge is 0.465 e. The van der Waals surface area contributed by atoms with Crippen molar-refractivity contribution in [3.63, 3.8) is 0 Å². The van der Waals surface area contributed by atoms with Gasteiger partial charge in [-0.3, -0.25) is 4.79 Å². The highest BCUT2D eigenvalue weighted by atomic mass is 19.1. The molecule has 0 unspecified atom stereocenters. The van der Waals surface area contributed by atoms with E-state index < -0.39 is 12.1 Å². The number of carbonyl (C=O) groups is 2. The van der Waals surface area contributed by atoms with Crippen molar-refractivity contribution in [3.05, 3.63) is 125 Å². The molecule has 1 aliphatic heterocycles. The highest BCUT2D eigenvalue weighted by molar-refractivity contribution is 6.03. The number of carbonyl (C=O) groups excluding carboxylic acids is 2. The molecule has 0 bridgehead atoms. The molecule has 198 valence electrons. The third-order valence-electron chi connectivity index (χ3n) is 7.22. The van der Waals surface area contributed by atoms with Gasteiger partial charge in [0.25, 0.3) is 0 Å². The molecule has 1 N–H and O–H groups in total. The van der Waals surface area contributed by atoms with E-state index in [0.29, 0.717) is 29.7 Å². The van der Waals surface area contributed by atoms with Crippen LogP contribution in [0.2, 0.25) is 0 Å². The van der Waals surface area contributed by atoms with Crippen molar-refractivity contribution in [2.75, 3.05) is 12.0 Å². The number of halogens is 2. The van der Waals surface area contributed by atoms with Crippen molar-refractivity contribution in [2.45, 2.75) is 25.0 Å². The molecule has 7 heteroatoms. The molecule has 0 saturated carbocycles. The number of benzene rings is 4. The van der Waals surface area contributed by atoms with E-state index >= 15 is 0 Å². The maximum Gasteiger partial charge on any atom is 0.337 e. The van der Waals surface area contributed by atoms with Crippen molar-refractivity contribution >= 4 is 17.6 Å². The molecular weight excluding hydrogens is 500 g/mol. The van der Waals surface area contributed by atoms with Crippen molar-refractivity contribution in [1.82, 2.24) is 0 Å². The van der Waals surface area contributed by atoms with Gasteiger partial charge in [-0.15, -0.1) is 0 Å². The van der Waals surface area contributed by atoms with Crippen LogP contribution in [0.25, 0.3) is 11.1 Å². The highest BCUT2D eigenvalue weighted by Crippen LogP contribution is 2.46. The Hall–Kier alpha value is -4.36. The summed E-state index contributed by atoms with van der Waals surface area (Å²) in [5, 5.41) is 10.7. The summed E-state index contributed by atoms with van der Waals surface area (Å²) in [6, 6.07) is 26.2. The van der Waals surface area contributed by atoms with E-state index in [2.05, 4.69) is 0 Å². The van der Waals surface area contributed by atoms with Crippen LogP contribution in [0, 0.1) is 17.6 Å². The number of methoxy groups -OCH3 is 1. The molecule has 5 rings (SSSR count). The van der Waals surface area contributed by atoms with Crippen LogP contribution in [0.1, 0.15) is 46.5 Å². The topological polar surface area (TPSA) is 66.8 Å². The molecule has 4 aromatic carbocycles. The van der Waals surface area contributed by atoms with Crippen molar-refractivity contribution in [1.29, 1.82) is 0 Å². The first-order valence-corrected chi connectivity index (χ1v) is 12.7. The van der Waals surface area contributed by atoms with E-state index in [0.717, 1.165) is 16.7 Å². The normalized spacial score (nSPS) is 17.4. The van der Waals surface area contributed by atoms with Gasteiger partial charge in [0.1, 0.15) is 11.6 Å². The molecule has 1 heterocycles. The molecule has 1 fully saturated rings. The van der Waals surface area contributed by atoms with E-state index in [1.165, 1.54) is 31.4 Å². The minimum absolute atomic E-state index is 0.0969. The number of aliphatic hydroxyl groups is 1. The van der Waals surface area contributed by atoms with Gasteiger partial charge in [0.2, 0.25) is 5.91 Å². The smallest absolute Gasteiger partial charge is 0.337 e. The van der Waals surface area contributed by atoms with Gasteiger partial charge in [0.05, 0.1) is 30.7 Å². The molecule has 3 atom stereocenters. The summed E-state index contributed by atoms with van der Waals surface area (Å²) in [5.41, 5.74) is 4.44. The zero-order valence-electron chi connectivity index (χ0n) is 21.3. The number of ether oxygens (including phenoxy) is 1. The van der Waals surface area contributed by atoms with Gasteiger partial charge in [-0.2, -0.15) is 0 Å². The molecule has 0 spiro atoms. The Balaban J connectivity index is 1.38. The van der Waals surface area contributed by atoms with Gasteiger partial charge < -0.3 is 14.7 Å². The molecule has 0 aliphatic carbocycles. The summed E-state index contributed by atoms with van der Waals surface area (Å²) in [6.45, 7) is 0. The number of aliphatic hydroxyl groups excluding tert-OH is 1. The van der Waals surface area contributed by atoms with E-state index in [1.54, 1.807) is 41.3 Å². The van der Waals surface area contributed by atoms with Crippen LogP contribution in [0.4, 0.5) is 14.5 Å². The summed E-state index contributed by atoms with van der Waals surface area (Å²) in [7, 11) is 1.34. The van der Waals surface area contributed by atoms with Gasteiger partial charge in [0, 0.05) is 5.69 Å². The number of β-lactam (4-membered cyclic amide) rings is 1. The first kappa shape index (κ1) is 26.3. The Bertz CT molecular complexity index is 1450. The summed E-state index contributed by atoms with van der Waals surface area (Å²) in [5.74, 6) is -1.64. The second-order valence-corrected chi connectivity index (χ2v) is 9.57. The lowest BCUT2D eigenvalue weighted by atomic mass is 9.78. The van der Waals surface area contributed by atoms with Crippen LogP contribution in [0.3, 0.4) is 0 Å². The monoisotopic (exact) mass is 527 g/mol. The number of amides is 1. The van der Waals surface area contributed by atoms with Gasteiger partial charge in [-0.1, -0.05) is 48.5 Å². The van der Waals surface area contributed by atoms with Gasteiger partial charge in [-0.25, -0.2) is 13.6 Å². The number of rotatable bonds is 8. The average Bonchev–Trinajstić information content (AvgIpc) is 2.97. The average molecular weight is 528 g/mol. The number of esters is 1. The molecule has 5 nitrogen and oxygen atoms in total. The van der Waals surface area contributed by atoms with Crippen LogP contribution in [0.15, 0.2) is 97.1 Å². The Morgan fingerprint density at radius 1 is 0.846 bits per heavy atom. The first-order chi connectivity index (χ1) is 18.9. The van der Waals surface area contributed by atoms with E-state index in [1.807, 2.05) is 36.4 Å². The quantitative estimate of drug-likeness (QED) is 0.206.